The largest absolute Gasteiger partial charge is 0.494 e. The van der Waals surface area contributed by atoms with Gasteiger partial charge in [0.1, 0.15) is 11.6 Å². The van der Waals surface area contributed by atoms with Crippen LogP contribution in [0.2, 0.25) is 0 Å². The van der Waals surface area contributed by atoms with Gasteiger partial charge in [0.25, 0.3) is 0 Å². The van der Waals surface area contributed by atoms with Crippen molar-refractivity contribution in [2.75, 3.05) is 6.61 Å². The Morgan fingerprint density at radius 2 is 1.76 bits per heavy atom. The summed E-state index contributed by atoms with van der Waals surface area (Å²) in [5.74, 6) is -1.59. The first kappa shape index (κ1) is 15.0. The van der Waals surface area contributed by atoms with E-state index in [2.05, 4.69) is 0 Å². The molecule has 0 spiro atoms. The molecule has 0 aliphatic carbocycles. The SMILES string of the molecule is O=C(O)C(CCCOc1ccccc1)c1ccccc1F. The van der Waals surface area contributed by atoms with Crippen molar-refractivity contribution in [1.82, 2.24) is 0 Å². The molecule has 0 bridgehead atoms. The lowest BCUT2D eigenvalue weighted by atomic mass is 9.94. The molecule has 4 heteroatoms. The van der Waals surface area contributed by atoms with Crippen molar-refractivity contribution in [1.29, 1.82) is 0 Å². The first-order valence-corrected chi connectivity index (χ1v) is 6.83. The number of carboxylic acids is 1. The lowest BCUT2D eigenvalue weighted by Gasteiger charge is -2.14. The molecule has 0 aromatic heterocycles. The van der Waals surface area contributed by atoms with Crippen molar-refractivity contribution in [2.45, 2.75) is 18.8 Å². The molecule has 0 amide bonds. The van der Waals surface area contributed by atoms with Gasteiger partial charge in [-0.3, -0.25) is 4.79 Å². The van der Waals surface area contributed by atoms with E-state index in [1.54, 1.807) is 12.1 Å². The fraction of sp³-hybridized carbons (Fsp3) is 0.235. The highest BCUT2D eigenvalue weighted by molar-refractivity contribution is 5.76. The highest BCUT2D eigenvalue weighted by Gasteiger charge is 2.22. The van der Waals surface area contributed by atoms with Gasteiger partial charge in [-0.25, -0.2) is 4.39 Å². The molecule has 1 atom stereocenters. The van der Waals surface area contributed by atoms with Crippen LogP contribution in [-0.2, 0) is 4.79 Å². The van der Waals surface area contributed by atoms with E-state index in [1.165, 1.54) is 12.1 Å². The zero-order chi connectivity index (χ0) is 15.1. The van der Waals surface area contributed by atoms with Gasteiger partial charge >= 0.3 is 5.97 Å². The van der Waals surface area contributed by atoms with Crippen LogP contribution in [0.1, 0.15) is 24.3 Å². The molecule has 0 aliphatic rings. The van der Waals surface area contributed by atoms with E-state index < -0.39 is 17.7 Å². The first-order chi connectivity index (χ1) is 10.2. The van der Waals surface area contributed by atoms with Crippen LogP contribution in [0.25, 0.3) is 0 Å². The minimum atomic E-state index is -1.01. The molecule has 0 saturated carbocycles. The molecule has 21 heavy (non-hydrogen) atoms. The summed E-state index contributed by atoms with van der Waals surface area (Å²) in [6.07, 6.45) is 0.878. The molecule has 0 heterocycles. The number of carbonyl (C=O) groups is 1. The van der Waals surface area contributed by atoms with Crippen molar-refractivity contribution in [3.8, 4) is 5.75 Å². The Kier molecular flexibility index (Phi) is 5.32. The van der Waals surface area contributed by atoms with E-state index in [-0.39, 0.29) is 5.56 Å². The van der Waals surface area contributed by atoms with E-state index in [0.29, 0.717) is 19.4 Å². The minimum absolute atomic E-state index is 0.227. The van der Waals surface area contributed by atoms with E-state index >= 15 is 0 Å². The lowest BCUT2D eigenvalue weighted by molar-refractivity contribution is -0.139. The Morgan fingerprint density at radius 3 is 2.43 bits per heavy atom. The van der Waals surface area contributed by atoms with E-state index in [9.17, 15) is 14.3 Å². The van der Waals surface area contributed by atoms with Crippen LogP contribution >= 0.6 is 0 Å². The third kappa shape index (κ3) is 4.31. The van der Waals surface area contributed by atoms with Crippen molar-refractivity contribution >= 4 is 5.97 Å². The molecular weight excluding hydrogens is 271 g/mol. The quantitative estimate of drug-likeness (QED) is 0.787. The number of carboxylic acid groups (broad SMARTS) is 1. The number of hydrogen-bond donors (Lipinski definition) is 1. The van der Waals surface area contributed by atoms with Crippen LogP contribution in [0.5, 0.6) is 5.75 Å². The number of aliphatic carboxylic acids is 1. The second kappa shape index (κ2) is 7.43. The smallest absolute Gasteiger partial charge is 0.311 e. The number of halogens is 1. The van der Waals surface area contributed by atoms with Gasteiger partial charge in [0.05, 0.1) is 12.5 Å². The molecule has 0 fully saturated rings. The predicted octanol–water partition coefficient (Wildman–Crippen LogP) is 3.85. The van der Waals surface area contributed by atoms with Crippen LogP contribution in [0, 0.1) is 5.82 Å². The van der Waals surface area contributed by atoms with E-state index in [4.69, 9.17) is 4.74 Å². The molecule has 0 saturated heterocycles. The van der Waals surface area contributed by atoms with Crippen molar-refractivity contribution in [2.24, 2.45) is 0 Å². The fourth-order valence-corrected chi connectivity index (χ4v) is 2.16. The minimum Gasteiger partial charge on any atom is -0.494 e. The molecule has 2 aromatic carbocycles. The zero-order valence-corrected chi connectivity index (χ0v) is 11.5. The third-order valence-corrected chi connectivity index (χ3v) is 3.23. The normalized spacial score (nSPS) is 11.9. The monoisotopic (exact) mass is 288 g/mol. The summed E-state index contributed by atoms with van der Waals surface area (Å²) >= 11 is 0. The Hall–Kier alpha value is -2.36. The van der Waals surface area contributed by atoms with Crippen molar-refractivity contribution in [3.63, 3.8) is 0 Å². The Bertz CT molecular complexity index is 584. The maximum absolute atomic E-state index is 13.7. The highest BCUT2D eigenvalue weighted by atomic mass is 19.1. The van der Waals surface area contributed by atoms with E-state index in [0.717, 1.165) is 5.75 Å². The van der Waals surface area contributed by atoms with Crippen LogP contribution in [0.4, 0.5) is 4.39 Å². The first-order valence-electron chi connectivity index (χ1n) is 6.83. The number of ether oxygens (including phenoxy) is 1. The summed E-state index contributed by atoms with van der Waals surface area (Å²) in [5.41, 5.74) is 0.227. The summed E-state index contributed by atoms with van der Waals surface area (Å²) in [4.78, 5) is 11.3. The fourth-order valence-electron chi connectivity index (χ4n) is 2.16. The van der Waals surface area contributed by atoms with Gasteiger partial charge in [-0.05, 0) is 31.0 Å². The summed E-state index contributed by atoms with van der Waals surface area (Å²) in [6, 6.07) is 15.3. The molecule has 2 rings (SSSR count). The van der Waals surface area contributed by atoms with Gasteiger partial charge in [-0.2, -0.15) is 0 Å². The summed E-state index contributed by atoms with van der Waals surface area (Å²) in [7, 11) is 0. The molecular formula is C17H17FO3. The standard InChI is InChI=1S/C17H17FO3/c18-16-11-5-4-9-14(16)15(17(19)20)10-6-12-21-13-7-2-1-3-8-13/h1-5,7-9,11,15H,6,10,12H2,(H,19,20). The van der Waals surface area contributed by atoms with Gasteiger partial charge in [0, 0.05) is 5.56 Å². The van der Waals surface area contributed by atoms with Crippen LogP contribution in [0.15, 0.2) is 54.6 Å². The summed E-state index contributed by atoms with van der Waals surface area (Å²) in [6.45, 7) is 0.405. The maximum atomic E-state index is 13.7. The second-order valence-corrected chi connectivity index (χ2v) is 4.72. The van der Waals surface area contributed by atoms with Gasteiger partial charge < -0.3 is 9.84 Å². The maximum Gasteiger partial charge on any atom is 0.311 e. The van der Waals surface area contributed by atoms with Crippen LogP contribution < -0.4 is 4.74 Å². The second-order valence-electron chi connectivity index (χ2n) is 4.72. The van der Waals surface area contributed by atoms with Crippen molar-refractivity contribution < 1.29 is 19.0 Å². The molecule has 2 aromatic rings. The Morgan fingerprint density at radius 1 is 1.10 bits per heavy atom. The molecule has 1 N–H and O–H groups in total. The topological polar surface area (TPSA) is 46.5 Å². The summed E-state index contributed by atoms with van der Waals surface area (Å²) in [5, 5.41) is 9.26. The molecule has 0 aliphatic heterocycles. The molecule has 110 valence electrons. The molecule has 3 nitrogen and oxygen atoms in total. The average Bonchev–Trinajstić information content (AvgIpc) is 2.49. The Balaban J connectivity index is 1.90. The van der Waals surface area contributed by atoms with Gasteiger partial charge in [-0.1, -0.05) is 36.4 Å². The Labute approximate surface area is 123 Å². The van der Waals surface area contributed by atoms with Crippen molar-refractivity contribution in [3.05, 3.63) is 66.0 Å². The predicted molar refractivity (Wildman–Crippen MR) is 77.9 cm³/mol. The number of para-hydroxylation sites is 1. The van der Waals surface area contributed by atoms with E-state index in [1.807, 2.05) is 30.3 Å². The van der Waals surface area contributed by atoms with Gasteiger partial charge in [0.2, 0.25) is 0 Å². The zero-order valence-electron chi connectivity index (χ0n) is 11.5. The van der Waals surface area contributed by atoms with Gasteiger partial charge in [0.15, 0.2) is 0 Å². The van der Waals surface area contributed by atoms with Crippen LogP contribution in [0.3, 0.4) is 0 Å². The summed E-state index contributed by atoms with van der Waals surface area (Å²) < 4.78 is 19.2. The average molecular weight is 288 g/mol. The van der Waals surface area contributed by atoms with Gasteiger partial charge in [-0.15, -0.1) is 0 Å². The number of benzene rings is 2. The number of hydrogen-bond acceptors (Lipinski definition) is 2. The highest BCUT2D eigenvalue weighted by Crippen LogP contribution is 2.24. The third-order valence-electron chi connectivity index (χ3n) is 3.23. The number of rotatable bonds is 7. The molecule has 1 unspecified atom stereocenters. The lowest BCUT2D eigenvalue weighted by Crippen LogP contribution is -2.14. The van der Waals surface area contributed by atoms with Crippen LogP contribution in [-0.4, -0.2) is 17.7 Å². The molecule has 0 radical (unpaired) electrons.